The van der Waals surface area contributed by atoms with Crippen LogP contribution in [0.5, 0.6) is 0 Å². The Labute approximate surface area is 109 Å². The average Bonchev–Trinajstić information content (AvgIpc) is 2.36. The number of amides is 1. The highest BCUT2D eigenvalue weighted by Crippen LogP contribution is 2.08. The van der Waals surface area contributed by atoms with E-state index in [-0.39, 0.29) is 5.91 Å². The highest BCUT2D eigenvalue weighted by atomic mass is 35.5. The van der Waals surface area contributed by atoms with E-state index in [0.717, 1.165) is 19.4 Å². The molecule has 1 amide bonds. The van der Waals surface area contributed by atoms with Crippen molar-refractivity contribution in [3.05, 3.63) is 35.9 Å². The zero-order valence-corrected chi connectivity index (χ0v) is 11.1. The Bertz CT molecular complexity index is 326. The van der Waals surface area contributed by atoms with Crippen LogP contribution in [-0.4, -0.2) is 23.2 Å². The SMILES string of the molecule is CCCN(Cc1ccccc1)C(=O)CCCCl. The molecule has 0 spiro atoms. The van der Waals surface area contributed by atoms with Gasteiger partial charge >= 0.3 is 0 Å². The van der Waals surface area contributed by atoms with Crippen LogP contribution in [0.15, 0.2) is 30.3 Å². The van der Waals surface area contributed by atoms with Gasteiger partial charge in [0.05, 0.1) is 0 Å². The molecule has 0 saturated carbocycles. The van der Waals surface area contributed by atoms with E-state index < -0.39 is 0 Å². The monoisotopic (exact) mass is 253 g/mol. The molecule has 0 atom stereocenters. The van der Waals surface area contributed by atoms with Gasteiger partial charge in [-0.2, -0.15) is 0 Å². The minimum Gasteiger partial charge on any atom is -0.338 e. The summed E-state index contributed by atoms with van der Waals surface area (Å²) in [6.07, 6.45) is 2.30. The quantitative estimate of drug-likeness (QED) is 0.682. The van der Waals surface area contributed by atoms with Crippen molar-refractivity contribution < 1.29 is 4.79 Å². The van der Waals surface area contributed by atoms with E-state index in [0.29, 0.717) is 18.8 Å². The number of halogens is 1. The molecule has 0 aliphatic heterocycles. The molecule has 17 heavy (non-hydrogen) atoms. The molecule has 1 aromatic rings. The van der Waals surface area contributed by atoms with Gasteiger partial charge in [0.15, 0.2) is 0 Å². The molecule has 0 aliphatic carbocycles. The molecule has 0 aromatic heterocycles. The third-order valence-electron chi connectivity index (χ3n) is 2.59. The van der Waals surface area contributed by atoms with Crippen molar-refractivity contribution in [2.24, 2.45) is 0 Å². The van der Waals surface area contributed by atoms with Crippen LogP contribution in [0, 0.1) is 0 Å². The van der Waals surface area contributed by atoms with E-state index in [1.54, 1.807) is 0 Å². The Kier molecular flexibility index (Phi) is 6.71. The Balaban J connectivity index is 2.56. The fraction of sp³-hybridized carbons (Fsp3) is 0.500. The maximum atomic E-state index is 12.0. The lowest BCUT2D eigenvalue weighted by Gasteiger charge is -2.22. The van der Waals surface area contributed by atoms with E-state index in [4.69, 9.17) is 11.6 Å². The van der Waals surface area contributed by atoms with Gasteiger partial charge in [0.25, 0.3) is 0 Å². The van der Waals surface area contributed by atoms with Gasteiger partial charge in [0.1, 0.15) is 0 Å². The summed E-state index contributed by atoms with van der Waals surface area (Å²) >= 11 is 5.62. The lowest BCUT2D eigenvalue weighted by Crippen LogP contribution is -2.31. The molecular formula is C14H20ClNO. The van der Waals surface area contributed by atoms with E-state index in [1.165, 1.54) is 5.56 Å². The minimum atomic E-state index is 0.205. The van der Waals surface area contributed by atoms with Crippen molar-refractivity contribution in [2.45, 2.75) is 32.7 Å². The van der Waals surface area contributed by atoms with Crippen molar-refractivity contribution >= 4 is 17.5 Å². The van der Waals surface area contributed by atoms with Crippen molar-refractivity contribution in [3.63, 3.8) is 0 Å². The summed E-state index contributed by atoms with van der Waals surface area (Å²) in [7, 11) is 0. The second kappa shape index (κ2) is 8.13. The van der Waals surface area contributed by atoms with Crippen LogP contribution in [0.2, 0.25) is 0 Å². The fourth-order valence-electron chi connectivity index (χ4n) is 1.74. The maximum Gasteiger partial charge on any atom is 0.222 e. The van der Waals surface area contributed by atoms with Crippen LogP contribution in [0.3, 0.4) is 0 Å². The molecule has 3 heteroatoms. The summed E-state index contributed by atoms with van der Waals surface area (Å²) in [6, 6.07) is 10.1. The Morgan fingerprint density at radius 3 is 2.59 bits per heavy atom. The molecule has 0 bridgehead atoms. The normalized spacial score (nSPS) is 10.2. The number of carbonyl (C=O) groups excluding carboxylic acids is 1. The van der Waals surface area contributed by atoms with Gasteiger partial charge in [-0.3, -0.25) is 4.79 Å². The standard InChI is InChI=1S/C14H20ClNO/c1-2-11-16(14(17)9-6-10-15)12-13-7-4-3-5-8-13/h3-5,7-8H,2,6,9-12H2,1H3. The Morgan fingerprint density at radius 1 is 1.29 bits per heavy atom. The van der Waals surface area contributed by atoms with E-state index in [1.807, 2.05) is 23.1 Å². The van der Waals surface area contributed by atoms with Crippen LogP contribution in [0.25, 0.3) is 0 Å². The van der Waals surface area contributed by atoms with E-state index in [2.05, 4.69) is 19.1 Å². The first kappa shape index (κ1) is 14.0. The molecular weight excluding hydrogens is 234 g/mol. The molecule has 2 nitrogen and oxygen atoms in total. The average molecular weight is 254 g/mol. The van der Waals surface area contributed by atoms with Crippen LogP contribution in [0.4, 0.5) is 0 Å². The fourth-order valence-corrected chi connectivity index (χ4v) is 1.88. The summed E-state index contributed by atoms with van der Waals surface area (Å²) in [6.45, 7) is 3.61. The van der Waals surface area contributed by atoms with Gasteiger partial charge in [-0.1, -0.05) is 37.3 Å². The molecule has 0 aliphatic rings. The number of hydrogen-bond acceptors (Lipinski definition) is 1. The van der Waals surface area contributed by atoms with Gasteiger partial charge < -0.3 is 4.90 Å². The number of benzene rings is 1. The third-order valence-corrected chi connectivity index (χ3v) is 2.85. The summed E-state index contributed by atoms with van der Waals surface area (Å²) in [5, 5.41) is 0. The van der Waals surface area contributed by atoms with Gasteiger partial charge in [0.2, 0.25) is 5.91 Å². The first-order chi connectivity index (χ1) is 8.27. The molecule has 0 unspecified atom stereocenters. The molecule has 94 valence electrons. The second-order valence-corrected chi connectivity index (χ2v) is 4.47. The number of nitrogens with zero attached hydrogens (tertiary/aromatic N) is 1. The number of rotatable bonds is 7. The summed E-state index contributed by atoms with van der Waals surface area (Å²) < 4.78 is 0. The molecule has 0 fully saturated rings. The van der Waals surface area contributed by atoms with Gasteiger partial charge in [-0.05, 0) is 18.4 Å². The third kappa shape index (κ3) is 5.22. The largest absolute Gasteiger partial charge is 0.338 e. The highest BCUT2D eigenvalue weighted by molar-refractivity contribution is 6.17. The number of alkyl halides is 1. The second-order valence-electron chi connectivity index (χ2n) is 4.09. The topological polar surface area (TPSA) is 20.3 Å². The van der Waals surface area contributed by atoms with E-state index in [9.17, 15) is 4.79 Å². The van der Waals surface area contributed by atoms with Gasteiger partial charge in [0, 0.05) is 25.4 Å². The van der Waals surface area contributed by atoms with Crippen molar-refractivity contribution in [2.75, 3.05) is 12.4 Å². The van der Waals surface area contributed by atoms with Crippen LogP contribution < -0.4 is 0 Å². The lowest BCUT2D eigenvalue weighted by atomic mass is 10.2. The highest BCUT2D eigenvalue weighted by Gasteiger charge is 2.12. The minimum absolute atomic E-state index is 0.205. The zero-order valence-electron chi connectivity index (χ0n) is 10.4. The van der Waals surface area contributed by atoms with Crippen LogP contribution in [0.1, 0.15) is 31.7 Å². The molecule has 0 radical (unpaired) electrons. The van der Waals surface area contributed by atoms with Crippen molar-refractivity contribution in [3.8, 4) is 0 Å². The first-order valence-electron chi connectivity index (χ1n) is 6.15. The molecule has 0 heterocycles. The summed E-state index contributed by atoms with van der Waals surface area (Å²) in [5.74, 6) is 0.758. The molecule has 0 N–H and O–H groups in total. The van der Waals surface area contributed by atoms with E-state index >= 15 is 0 Å². The first-order valence-corrected chi connectivity index (χ1v) is 6.69. The smallest absolute Gasteiger partial charge is 0.222 e. The predicted molar refractivity (Wildman–Crippen MR) is 72.1 cm³/mol. The Hall–Kier alpha value is -1.02. The van der Waals surface area contributed by atoms with Gasteiger partial charge in [-0.15, -0.1) is 11.6 Å². The molecule has 0 saturated heterocycles. The van der Waals surface area contributed by atoms with Crippen molar-refractivity contribution in [1.82, 2.24) is 4.90 Å². The summed E-state index contributed by atoms with van der Waals surface area (Å²) in [4.78, 5) is 13.9. The van der Waals surface area contributed by atoms with Crippen LogP contribution in [-0.2, 0) is 11.3 Å². The van der Waals surface area contributed by atoms with Crippen LogP contribution >= 0.6 is 11.6 Å². The van der Waals surface area contributed by atoms with Crippen molar-refractivity contribution in [1.29, 1.82) is 0 Å². The number of carbonyl (C=O) groups is 1. The number of hydrogen-bond donors (Lipinski definition) is 0. The lowest BCUT2D eigenvalue weighted by molar-refractivity contribution is -0.131. The maximum absolute atomic E-state index is 12.0. The zero-order chi connectivity index (χ0) is 12.5. The molecule has 1 aromatic carbocycles. The Morgan fingerprint density at radius 2 is 2.00 bits per heavy atom. The van der Waals surface area contributed by atoms with Gasteiger partial charge in [-0.25, -0.2) is 0 Å². The molecule has 1 rings (SSSR count). The predicted octanol–water partition coefficient (Wildman–Crippen LogP) is 3.44. The summed E-state index contributed by atoms with van der Waals surface area (Å²) in [5.41, 5.74) is 1.18.